The molecule has 0 spiro atoms. The predicted molar refractivity (Wildman–Crippen MR) is 58.2 cm³/mol. The minimum atomic E-state index is -0.511. The van der Waals surface area contributed by atoms with Gasteiger partial charge in [0.2, 0.25) is 0 Å². The van der Waals surface area contributed by atoms with Gasteiger partial charge in [-0.2, -0.15) is 0 Å². The second-order valence-electron chi connectivity index (χ2n) is 3.80. The fraction of sp³-hybridized carbons (Fsp3) is 0.364. The largest absolute Gasteiger partial charge is 0.462 e. The molecule has 0 aromatic heterocycles. The van der Waals surface area contributed by atoms with Crippen LogP contribution in [-0.4, -0.2) is 17.5 Å². The highest BCUT2D eigenvalue weighted by atomic mass is 16.6. The standard InChI is InChI=1S/C11H13NO4/c1-8(2)7-16-11(13)9-3-5-10(6-4-9)12(14)15/h3-6,8H,7H2,1-2H3. The predicted octanol–water partition coefficient (Wildman–Crippen LogP) is 2.41. The van der Waals surface area contributed by atoms with Crippen LogP contribution in [0.1, 0.15) is 24.2 Å². The third-order valence-electron chi connectivity index (χ3n) is 1.86. The Morgan fingerprint density at radius 3 is 2.38 bits per heavy atom. The molecule has 5 nitrogen and oxygen atoms in total. The van der Waals surface area contributed by atoms with Crippen LogP contribution in [0.25, 0.3) is 0 Å². The highest BCUT2D eigenvalue weighted by molar-refractivity contribution is 5.89. The van der Waals surface area contributed by atoms with Crippen molar-refractivity contribution in [3.63, 3.8) is 0 Å². The zero-order valence-electron chi connectivity index (χ0n) is 9.17. The van der Waals surface area contributed by atoms with Crippen molar-refractivity contribution < 1.29 is 14.5 Å². The van der Waals surface area contributed by atoms with Crippen molar-refractivity contribution in [3.8, 4) is 0 Å². The molecule has 0 N–H and O–H groups in total. The summed E-state index contributed by atoms with van der Waals surface area (Å²) in [6.07, 6.45) is 0. The molecule has 0 aliphatic carbocycles. The third kappa shape index (κ3) is 3.34. The topological polar surface area (TPSA) is 69.4 Å². The SMILES string of the molecule is CC(C)COC(=O)c1ccc([N+](=O)[O-])cc1. The van der Waals surface area contributed by atoms with E-state index in [1.54, 1.807) is 0 Å². The van der Waals surface area contributed by atoms with Crippen molar-refractivity contribution >= 4 is 11.7 Å². The van der Waals surface area contributed by atoms with Gasteiger partial charge in [-0.3, -0.25) is 10.1 Å². The molecule has 0 unspecified atom stereocenters. The van der Waals surface area contributed by atoms with Crippen LogP contribution in [0.4, 0.5) is 5.69 Å². The molecular formula is C11H13NO4. The number of rotatable bonds is 4. The molecule has 0 aliphatic rings. The fourth-order valence-electron chi connectivity index (χ4n) is 1.04. The number of esters is 1. The molecule has 0 saturated heterocycles. The Hall–Kier alpha value is -1.91. The number of nitro benzene ring substituents is 1. The highest BCUT2D eigenvalue weighted by Crippen LogP contribution is 2.12. The first-order chi connectivity index (χ1) is 7.50. The van der Waals surface area contributed by atoms with Crippen LogP contribution < -0.4 is 0 Å². The second-order valence-corrected chi connectivity index (χ2v) is 3.80. The van der Waals surface area contributed by atoms with Gasteiger partial charge in [0.05, 0.1) is 17.1 Å². The van der Waals surface area contributed by atoms with E-state index in [1.807, 2.05) is 13.8 Å². The zero-order chi connectivity index (χ0) is 12.1. The van der Waals surface area contributed by atoms with Crippen molar-refractivity contribution in [2.45, 2.75) is 13.8 Å². The van der Waals surface area contributed by atoms with Crippen molar-refractivity contribution in [1.29, 1.82) is 0 Å². The van der Waals surface area contributed by atoms with Crippen LogP contribution in [-0.2, 0) is 4.74 Å². The Morgan fingerprint density at radius 1 is 1.38 bits per heavy atom. The molecular weight excluding hydrogens is 210 g/mol. The summed E-state index contributed by atoms with van der Waals surface area (Å²) in [4.78, 5) is 21.3. The van der Waals surface area contributed by atoms with E-state index in [9.17, 15) is 14.9 Å². The molecule has 0 amide bonds. The lowest BCUT2D eigenvalue weighted by Gasteiger charge is -2.06. The monoisotopic (exact) mass is 223 g/mol. The van der Waals surface area contributed by atoms with Gasteiger partial charge in [-0.1, -0.05) is 13.8 Å². The Labute approximate surface area is 93.2 Å². The summed E-state index contributed by atoms with van der Waals surface area (Å²) in [6.45, 7) is 4.21. The first-order valence-corrected chi connectivity index (χ1v) is 4.92. The summed E-state index contributed by atoms with van der Waals surface area (Å²) in [5, 5.41) is 10.4. The van der Waals surface area contributed by atoms with Gasteiger partial charge >= 0.3 is 5.97 Å². The minimum Gasteiger partial charge on any atom is -0.462 e. The Kier molecular flexibility index (Phi) is 3.99. The molecule has 86 valence electrons. The van der Waals surface area contributed by atoms with Crippen molar-refractivity contribution in [1.82, 2.24) is 0 Å². The summed E-state index contributed by atoms with van der Waals surface area (Å²) in [5.74, 6) is -0.189. The molecule has 1 rings (SSSR count). The number of nitrogens with zero attached hydrogens (tertiary/aromatic N) is 1. The van der Waals surface area contributed by atoms with E-state index >= 15 is 0 Å². The zero-order valence-corrected chi connectivity index (χ0v) is 9.17. The Bertz CT molecular complexity index is 383. The van der Waals surface area contributed by atoms with Crippen LogP contribution in [0.3, 0.4) is 0 Å². The van der Waals surface area contributed by atoms with Gasteiger partial charge in [-0.15, -0.1) is 0 Å². The molecule has 1 aromatic rings. The van der Waals surface area contributed by atoms with Crippen molar-refractivity contribution in [2.24, 2.45) is 5.92 Å². The van der Waals surface area contributed by atoms with Gasteiger partial charge in [0.1, 0.15) is 0 Å². The molecule has 16 heavy (non-hydrogen) atoms. The average Bonchev–Trinajstić information content (AvgIpc) is 2.26. The van der Waals surface area contributed by atoms with Gasteiger partial charge in [0.25, 0.3) is 5.69 Å². The van der Waals surface area contributed by atoms with Crippen LogP contribution in [0.2, 0.25) is 0 Å². The summed E-state index contributed by atoms with van der Waals surface area (Å²) < 4.78 is 4.98. The first kappa shape index (κ1) is 12.2. The molecule has 0 fully saturated rings. The average molecular weight is 223 g/mol. The Morgan fingerprint density at radius 2 is 1.94 bits per heavy atom. The summed E-state index contributed by atoms with van der Waals surface area (Å²) in [6, 6.07) is 5.35. The summed E-state index contributed by atoms with van der Waals surface area (Å²) >= 11 is 0. The second kappa shape index (κ2) is 5.25. The van der Waals surface area contributed by atoms with E-state index in [0.717, 1.165) is 0 Å². The smallest absolute Gasteiger partial charge is 0.338 e. The number of benzene rings is 1. The number of non-ortho nitro benzene ring substituents is 1. The maximum atomic E-state index is 11.4. The maximum Gasteiger partial charge on any atom is 0.338 e. The van der Waals surface area contributed by atoms with E-state index in [1.165, 1.54) is 24.3 Å². The van der Waals surface area contributed by atoms with Crippen molar-refractivity contribution in [2.75, 3.05) is 6.61 Å². The number of hydrogen-bond donors (Lipinski definition) is 0. The lowest BCUT2D eigenvalue weighted by Crippen LogP contribution is -2.10. The summed E-state index contributed by atoms with van der Waals surface area (Å²) in [5.41, 5.74) is 0.284. The van der Waals surface area contributed by atoms with E-state index in [4.69, 9.17) is 4.74 Å². The molecule has 0 atom stereocenters. The molecule has 1 aromatic carbocycles. The molecule has 5 heteroatoms. The third-order valence-corrected chi connectivity index (χ3v) is 1.86. The fourth-order valence-corrected chi connectivity index (χ4v) is 1.04. The Balaban J connectivity index is 2.67. The molecule has 0 saturated carbocycles. The normalized spacial score (nSPS) is 10.2. The van der Waals surface area contributed by atoms with Crippen LogP contribution in [0.15, 0.2) is 24.3 Å². The van der Waals surface area contributed by atoms with Gasteiger partial charge in [0.15, 0.2) is 0 Å². The summed E-state index contributed by atoms with van der Waals surface area (Å²) in [7, 11) is 0. The van der Waals surface area contributed by atoms with Crippen molar-refractivity contribution in [3.05, 3.63) is 39.9 Å². The van der Waals surface area contributed by atoms with E-state index in [2.05, 4.69) is 0 Å². The van der Waals surface area contributed by atoms with Crippen LogP contribution in [0.5, 0.6) is 0 Å². The minimum absolute atomic E-state index is 0.0413. The molecule has 0 heterocycles. The number of ether oxygens (including phenoxy) is 1. The quantitative estimate of drug-likeness (QED) is 0.446. The lowest BCUT2D eigenvalue weighted by molar-refractivity contribution is -0.384. The molecule has 0 radical (unpaired) electrons. The van der Waals surface area contributed by atoms with Crippen LogP contribution in [0, 0.1) is 16.0 Å². The van der Waals surface area contributed by atoms with Gasteiger partial charge < -0.3 is 4.74 Å². The van der Waals surface area contributed by atoms with E-state index in [0.29, 0.717) is 12.2 Å². The first-order valence-electron chi connectivity index (χ1n) is 4.92. The molecule has 0 bridgehead atoms. The maximum absolute atomic E-state index is 11.4. The van der Waals surface area contributed by atoms with Gasteiger partial charge in [-0.05, 0) is 18.1 Å². The van der Waals surface area contributed by atoms with Gasteiger partial charge in [-0.25, -0.2) is 4.79 Å². The number of carbonyl (C=O) groups is 1. The number of carbonyl (C=O) groups excluding carboxylic acids is 1. The van der Waals surface area contributed by atoms with E-state index < -0.39 is 10.9 Å². The molecule has 0 aliphatic heterocycles. The number of nitro groups is 1. The highest BCUT2D eigenvalue weighted by Gasteiger charge is 2.10. The van der Waals surface area contributed by atoms with Gasteiger partial charge in [0, 0.05) is 12.1 Å². The van der Waals surface area contributed by atoms with Crippen LogP contribution >= 0.6 is 0 Å². The lowest BCUT2D eigenvalue weighted by atomic mass is 10.2. The van der Waals surface area contributed by atoms with E-state index in [-0.39, 0.29) is 11.6 Å². The number of hydrogen-bond acceptors (Lipinski definition) is 4.